The molecule has 4 heteroatoms. The third-order valence-corrected chi connectivity index (χ3v) is 10.4. The fourth-order valence-corrected chi connectivity index (χ4v) is 7.72. The van der Waals surface area contributed by atoms with Gasteiger partial charge in [0, 0.05) is 33.0 Å². The lowest BCUT2D eigenvalue weighted by atomic mass is 9.86. The molecular weight excluding hydrogens is 695 g/mol. The largest absolute Gasteiger partial charge is 0.455 e. The molecule has 9 aromatic rings. The molecule has 0 aliphatic carbocycles. The highest BCUT2D eigenvalue weighted by molar-refractivity contribution is 6.21. The van der Waals surface area contributed by atoms with Crippen LogP contribution < -0.4 is 0 Å². The Morgan fingerprint density at radius 3 is 1.82 bits per heavy atom. The maximum atomic E-state index is 6.60. The molecule has 0 radical (unpaired) electrons. The van der Waals surface area contributed by atoms with Gasteiger partial charge in [0.25, 0.3) is 0 Å². The lowest BCUT2D eigenvalue weighted by Gasteiger charge is -2.19. The monoisotopic (exact) mass is 733 g/mol. The summed E-state index contributed by atoms with van der Waals surface area (Å²) in [6.07, 6.45) is 15.9. The highest BCUT2D eigenvalue weighted by Crippen LogP contribution is 2.45. The Balaban J connectivity index is 1.31. The number of fused-ring (bicyclic) bond motifs is 6. The first-order valence-electron chi connectivity index (χ1n) is 19.2. The predicted octanol–water partition coefficient (Wildman–Crippen LogP) is 14.5. The van der Waals surface area contributed by atoms with Crippen LogP contribution in [0.3, 0.4) is 0 Å². The van der Waals surface area contributed by atoms with Crippen molar-refractivity contribution in [3.8, 4) is 45.0 Å². The molecule has 0 aliphatic rings. The van der Waals surface area contributed by atoms with Gasteiger partial charge in [0.15, 0.2) is 17.5 Å². The van der Waals surface area contributed by atoms with Crippen molar-refractivity contribution in [3.05, 3.63) is 200 Å². The number of furan rings is 1. The van der Waals surface area contributed by atoms with Crippen molar-refractivity contribution in [1.29, 1.82) is 0 Å². The molecule has 2 heterocycles. The lowest BCUT2D eigenvalue weighted by Crippen LogP contribution is -2.03. The molecule has 7 aromatic carbocycles. The van der Waals surface area contributed by atoms with Gasteiger partial charge >= 0.3 is 0 Å². The van der Waals surface area contributed by atoms with Gasteiger partial charge in [0.05, 0.1) is 0 Å². The van der Waals surface area contributed by atoms with Crippen LogP contribution in [-0.4, -0.2) is 15.0 Å². The summed E-state index contributed by atoms with van der Waals surface area (Å²) in [6.45, 7) is 7.88. The van der Waals surface area contributed by atoms with Crippen LogP contribution in [-0.2, 0) is 0 Å². The molecule has 0 unspecified atom stereocenters. The fourth-order valence-electron chi connectivity index (χ4n) is 7.72. The van der Waals surface area contributed by atoms with Crippen molar-refractivity contribution < 1.29 is 4.42 Å². The molecule has 0 fully saturated rings. The summed E-state index contributed by atoms with van der Waals surface area (Å²) in [5, 5.41) is 6.71. The van der Waals surface area contributed by atoms with E-state index in [-0.39, 0.29) is 0 Å². The van der Waals surface area contributed by atoms with Gasteiger partial charge < -0.3 is 4.42 Å². The number of rotatable bonds is 9. The fraction of sp³-hybridized carbons (Fsp3) is 0.0377. The highest BCUT2D eigenvalue weighted by Gasteiger charge is 2.22. The molecule has 0 atom stereocenters. The Labute approximate surface area is 332 Å². The summed E-state index contributed by atoms with van der Waals surface area (Å²) < 4.78 is 6.60. The van der Waals surface area contributed by atoms with E-state index in [0.717, 1.165) is 82.6 Å². The predicted molar refractivity (Wildman–Crippen MR) is 241 cm³/mol. The van der Waals surface area contributed by atoms with Crippen LogP contribution in [0.4, 0.5) is 0 Å². The van der Waals surface area contributed by atoms with E-state index in [1.54, 1.807) is 6.08 Å². The zero-order chi connectivity index (χ0) is 38.7. The van der Waals surface area contributed by atoms with Crippen molar-refractivity contribution in [1.82, 2.24) is 15.0 Å². The summed E-state index contributed by atoms with van der Waals surface area (Å²) in [7, 11) is 0. The highest BCUT2D eigenvalue weighted by atomic mass is 16.3. The van der Waals surface area contributed by atoms with Crippen molar-refractivity contribution in [3.63, 3.8) is 0 Å². The molecular formula is C53H39N3O. The normalized spacial score (nSPS) is 12.4. The molecule has 9 rings (SSSR count). The Morgan fingerprint density at radius 1 is 0.509 bits per heavy atom. The Bertz CT molecular complexity index is 3090. The zero-order valence-corrected chi connectivity index (χ0v) is 31.9. The molecule has 2 aromatic heterocycles. The standard InChI is InChI=1S/C53H39N3O/c1-4-6-9-19-35(3)51-54-52(39-21-11-8-12-22-39)56-53(55-51)49-44-27-16-14-24-41(44)40-23-13-15-26-43(40)48(49)38-31-29-37(30-32-38)47-36(20-10-7-5-2)33-34-45-42-25-17-18-28-46(42)57-50(45)47/h4-34H,1H2,2-3H3/b7-5-,9-6-,20-10-,35-19+. The second kappa shape index (κ2) is 15.4. The van der Waals surface area contributed by atoms with Gasteiger partial charge in [0.2, 0.25) is 0 Å². The van der Waals surface area contributed by atoms with E-state index in [2.05, 4.69) is 116 Å². The first-order chi connectivity index (χ1) is 28.1. The van der Waals surface area contributed by atoms with E-state index in [9.17, 15) is 0 Å². The van der Waals surface area contributed by atoms with E-state index >= 15 is 0 Å². The average Bonchev–Trinajstić information content (AvgIpc) is 3.65. The van der Waals surface area contributed by atoms with Gasteiger partial charge in [-0.05, 0) is 69.8 Å². The smallest absolute Gasteiger partial charge is 0.165 e. The Morgan fingerprint density at radius 2 is 1.12 bits per heavy atom. The summed E-state index contributed by atoms with van der Waals surface area (Å²) in [6, 6.07) is 48.8. The minimum Gasteiger partial charge on any atom is -0.455 e. The summed E-state index contributed by atoms with van der Waals surface area (Å²) in [5.74, 6) is 1.85. The zero-order valence-electron chi connectivity index (χ0n) is 31.9. The average molecular weight is 734 g/mol. The van der Waals surface area contributed by atoms with Crippen LogP contribution >= 0.6 is 0 Å². The van der Waals surface area contributed by atoms with Gasteiger partial charge in [-0.3, -0.25) is 0 Å². The molecule has 0 saturated carbocycles. The first-order valence-corrected chi connectivity index (χ1v) is 19.2. The van der Waals surface area contributed by atoms with Crippen LogP contribution in [0.1, 0.15) is 25.2 Å². The van der Waals surface area contributed by atoms with Crippen molar-refractivity contribution in [2.45, 2.75) is 13.8 Å². The molecule has 0 bridgehead atoms. The van der Waals surface area contributed by atoms with Crippen LogP contribution in [0.25, 0.3) is 100 Å². The molecule has 0 aliphatic heterocycles. The molecule has 0 saturated heterocycles. The topological polar surface area (TPSA) is 51.8 Å². The number of benzene rings is 7. The SMILES string of the molecule is C=C/C=C\C=C(/C)c1nc(-c2ccccc2)nc(-c2c(-c3ccc(-c4c(/C=C\C=C/C)ccc5c4oc4ccccc45)cc3)c3ccccc3c3ccccc23)n1. The summed E-state index contributed by atoms with van der Waals surface area (Å²) in [5.41, 5.74) is 9.89. The Kier molecular flexibility index (Phi) is 9.51. The molecule has 57 heavy (non-hydrogen) atoms. The number of para-hydroxylation sites is 1. The van der Waals surface area contributed by atoms with Crippen molar-refractivity contribution in [2.75, 3.05) is 0 Å². The second-order valence-electron chi connectivity index (χ2n) is 14.0. The second-order valence-corrected chi connectivity index (χ2v) is 14.0. The maximum absolute atomic E-state index is 6.60. The summed E-state index contributed by atoms with van der Waals surface area (Å²) >= 11 is 0. The quantitative estimate of drug-likeness (QED) is 0.109. The first kappa shape index (κ1) is 35.3. The van der Waals surface area contributed by atoms with E-state index < -0.39 is 0 Å². The minimum absolute atomic E-state index is 0.614. The molecule has 0 spiro atoms. The van der Waals surface area contributed by atoms with Crippen LogP contribution in [0.2, 0.25) is 0 Å². The van der Waals surface area contributed by atoms with E-state index in [4.69, 9.17) is 19.4 Å². The third kappa shape index (κ3) is 6.58. The van der Waals surface area contributed by atoms with E-state index in [1.165, 1.54) is 5.39 Å². The van der Waals surface area contributed by atoms with Gasteiger partial charge in [-0.15, -0.1) is 0 Å². The molecule has 0 amide bonds. The van der Waals surface area contributed by atoms with Gasteiger partial charge in [-0.25, -0.2) is 15.0 Å². The van der Waals surface area contributed by atoms with Gasteiger partial charge in [-0.2, -0.15) is 0 Å². The molecule has 272 valence electrons. The van der Waals surface area contributed by atoms with E-state index in [1.807, 2.05) is 86.7 Å². The Hall–Kier alpha value is -7.43. The number of allylic oxidation sites excluding steroid dienone is 8. The van der Waals surface area contributed by atoms with Crippen LogP contribution in [0.15, 0.2) is 193 Å². The van der Waals surface area contributed by atoms with Gasteiger partial charge in [-0.1, -0.05) is 183 Å². The van der Waals surface area contributed by atoms with E-state index in [0.29, 0.717) is 17.5 Å². The van der Waals surface area contributed by atoms with Gasteiger partial charge in [0.1, 0.15) is 11.2 Å². The van der Waals surface area contributed by atoms with Crippen LogP contribution in [0, 0.1) is 0 Å². The number of nitrogens with zero attached hydrogens (tertiary/aromatic N) is 3. The molecule has 0 N–H and O–H groups in total. The van der Waals surface area contributed by atoms with Crippen LogP contribution in [0.5, 0.6) is 0 Å². The minimum atomic E-state index is 0.614. The lowest BCUT2D eigenvalue weighted by molar-refractivity contribution is 0.670. The summed E-state index contributed by atoms with van der Waals surface area (Å²) in [4.78, 5) is 15.5. The molecule has 4 nitrogen and oxygen atoms in total. The van der Waals surface area contributed by atoms with Crippen molar-refractivity contribution >= 4 is 55.1 Å². The maximum Gasteiger partial charge on any atom is 0.165 e. The van der Waals surface area contributed by atoms with Crippen molar-refractivity contribution in [2.24, 2.45) is 0 Å². The number of hydrogen-bond acceptors (Lipinski definition) is 4. The number of aromatic nitrogens is 3. The third-order valence-electron chi connectivity index (χ3n) is 10.4. The number of hydrogen-bond donors (Lipinski definition) is 0.